The zero-order valence-electron chi connectivity index (χ0n) is 11.9. The molecule has 2 aliphatic heterocycles. The second kappa shape index (κ2) is 5.89. The van der Waals surface area contributed by atoms with Crippen molar-refractivity contribution in [1.29, 1.82) is 0 Å². The summed E-state index contributed by atoms with van der Waals surface area (Å²) in [5.74, 6) is 0.981. The first-order valence-corrected chi connectivity index (χ1v) is 7.99. The van der Waals surface area contributed by atoms with Crippen LogP contribution in [-0.2, 0) is 0 Å². The Balaban J connectivity index is 1.39. The first kappa shape index (κ1) is 12.9. The number of likely N-dealkylation sites (tertiary alicyclic amines) is 2. The minimum Gasteiger partial charge on any atom is -0.320 e. The third kappa shape index (κ3) is 3.06. The maximum absolute atomic E-state index is 3.29. The van der Waals surface area contributed by atoms with Crippen molar-refractivity contribution in [3.05, 3.63) is 0 Å². The van der Waals surface area contributed by atoms with Crippen LogP contribution in [0.2, 0.25) is 0 Å². The fraction of sp³-hybridized carbons (Fsp3) is 1.00. The average Bonchev–Trinajstić information content (AvgIpc) is 3.15. The summed E-state index contributed by atoms with van der Waals surface area (Å²) in [4.78, 5) is 5.54. The van der Waals surface area contributed by atoms with Crippen LogP contribution in [0, 0.1) is 5.92 Å². The van der Waals surface area contributed by atoms with Crippen molar-refractivity contribution in [2.75, 3.05) is 39.8 Å². The van der Waals surface area contributed by atoms with Crippen LogP contribution >= 0.6 is 0 Å². The van der Waals surface area contributed by atoms with Crippen LogP contribution in [0.3, 0.4) is 0 Å². The molecule has 0 bridgehead atoms. The fourth-order valence-electron chi connectivity index (χ4n) is 3.79. The van der Waals surface area contributed by atoms with Crippen LogP contribution < -0.4 is 5.32 Å². The average molecular weight is 251 g/mol. The summed E-state index contributed by atoms with van der Waals surface area (Å²) in [6, 6.07) is 1.86. The second-order valence-electron chi connectivity index (χ2n) is 6.54. The molecule has 3 fully saturated rings. The zero-order chi connectivity index (χ0) is 12.4. The Morgan fingerprint density at radius 1 is 0.889 bits per heavy atom. The summed E-state index contributed by atoms with van der Waals surface area (Å²) in [6.45, 7) is 6.65. The molecule has 1 N–H and O–H groups in total. The van der Waals surface area contributed by atoms with Gasteiger partial charge in [0, 0.05) is 25.2 Å². The van der Waals surface area contributed by atoms with E-state index in [1.54, 1.807) is 0 Å². The lowest BCUT2D eigenvalue weighted by Gasteiger charge is -2.36. The van der Waals surface area contributed by atoms with Crippen molar-refractivity contribution in [2.45, 2.75) is 50.6 Å². The van der Waals surface area contributed by atoms with E-state index in [9.17, 15) is 0 Å². The van der Waals surface area contributed by atoms with Crippen molar-refractivity contribution in [1.82, 2.24) is 15.1 Å². The molecule has 0 amide bonds. The quantitative estimate of drug-likeness (QED) is 0.800. The zero-order valence-corrected chi connectivity index (χ0v) is 11.9. The summed E-state index contributed by atoms with van der Waals surface area (Å²) < 4.78 is 0. The van der Waals surface area contributed by atoms with Crippen molar-refractivity contribution >= 4 is 0 Å². The summed E-state index contributed by atoms with van der Waals surface area (Å²) in [6.07, 6.45) is 8.61. The standard InChI is InChI=1S/C15H29N3/c1-16-8-4-13-5-9-17(10-6-13)15-7-11-18(12-15)14-2-3-14/h13-16H,2-12H2,1H3. The molecule has 1 aliphatic carbocycles. The molecule has 0 spiro atoms. The highest BCUT2D eigenvalue weighted by Crippen LogP contribution is 2.32. The van der Waals surface area contributed by atoms with Gasteiger partial charge >= 0.3 is 0 Å². The minimum atomic E-state index is 0.885. The van der Waals surface area contributed by atoms with Gasteiger partial charge in [0.2, 0.25) is 0 Å². The highest BCUT2D eigenvalue weighted by molar-refractivity contribution is 4.93. The SMILES string of the molecule is CNCCC1CCN(C2CCN(C3CC3)C2)CC1. The van der Waals surface area contributed by atoms with E-state index in [0.29, 0.717) is 0 Å². The summed E-state index contributed by atoms with van der Waals surface area (Å²) in [5.41, 5.74) is 0. The van der Waals surface area contributed by atoms with Crippen LogP contribution in [0.15, 0.2) is 0 Å². The van der Waals surface area contributed by atoms with Gasteiger partial charge in [-0.15, -0.1) is 0 Å². The normalized spacial score (nSPS) is 32.2. The van der Waals surface area contributed by atoms with Crippen LogP contribution in [0.1, 0.15) is 38.5 Å². The van der Waals surface area contributed by atoms with E-state index in [0.717, 1.165) is 18.0 Å². The smallest absolute Gasteiger partial charge is 0.0235 e. The summed E-state index contributed by atoms with van der Waals surface area (Å²) >= 11 is 0. The van der Waals surface area contributed by atoms with Gasteiger partial charge in [-0.25, -0.2) is 0 Å². The molecule has 1 atom stereocenters. The highest BCUT2D eigenvalue weighted by atomic mass is 15.3. The molecule has 18 heavy (non-hydrogen) atoms. The van der Waals surface area contributed by atoms with Gasteiger partial charge in [0.1, 0.15) is 0 Å². The molecule has 0 aromatic heterocycles. The molecule has 3 rings (SSSR count). The van der Waals surface area contributed by atoms with Crippen molar-refractivity contribution in [3.63, 3.8) is 0 Å². The molecule has 3 aliphatic rings. The van der Waals surface area contributed by atoms with E-state index in [1.807, 2.05) is 0 Å². The predicted octanol–water partition coefficient (Wildman–Crippen LogP) is 1.54. The van der Waals surface area contributed by atoms with Gasteiger partial charge in [0.15, 0.2) is 0 Å². The Bertz CT molecular complexity index is 256. The van der Waals surface area contributed by atoms with Gasteiger partial charge < -0.3 is 5.32 Å². The highest BCUT2D eigenvalue weighted by Gasteiger charge is 2.37. The van der Waals surface area contributed by atoms with E-state index in [-0.39, 0.29) is 0 Å². The van der Waals surface area contributed by atoms with Gasteiger partial charge in [-0.2, -0.15) is 0 Å². The topological polar surface area (TPSA) is 18.5 Å². The number of rotatable bonds is 5. The van der Waals surface area contributed by atoms with E-state index in [1.165, 1.54) is 71.2 Å². The van der Waals surface area contributed by atoms with Gasteiger partial charge in [0.05, 0.1) is 0 Å². The maximum atomic E-state index is 3.29. The van der Waals surface area contributed by atoms with E-state index >= 15 is 0 Å². The maximum Gasteiger partial charge on any atom is 0.0235 e. The van der Waals surface area contributed by atoms with E-state index < -0.39 is 0 Å². The molecule has 2 saturated heterocycles. The molecule has 0 aromatic carbocycles. The number of nitrogens with zero attached hydrogens (tertiary/aromatic N) is 2. The van der Waals surface area contributed by atoms with Crippen LogP contribution in [0.5, 0.6) is 0 Å². The minimum absolute atomic E-state index is 0.885. The Kier molecular flexibility index (Phi) is 4.22. The van der Waals surface area contributed by atoms with E-state index in [4.69, 9.17) is 0 Å². The molecular weight excluding hydrogens is 222 g/mol. The van der Waals surface area contributed by atoms with Crippen LogP contribution in [-0.4, -0.2) is 61.7 Å². The number of nitrogens with one attached hydrogen (secondary N) is 1. The monoisotopic (exact) mass is 251 g/mol. The molecule has 104 valence electrons. The molecule has 3 heteroatoms. The lowest BCUT2D eigenvalue weighted by molar-refractivity contribution is 0.129. The first-order valence-electron chi connectivity index (χ1n) is 7.99. The van der Waals surface area contributed by atoms with Crippen LogP contribution in [0.4, 0.5) is 0 Å². The molecule has 0 radical (unpaired) electrons. The molecule has 0 aromatic rings. The third-order valence-corrected chi connectivity index (χ3v) is 5.23. The number of piperidine rings is 1. The molecule has 1 unspecified atom stereocenters. The van der Waals surface area contributed by atoms with Gasteiger partial charge in [0.25, 0.3) is 0 Å². The van der Waals surface area contributed by atoms with E-state index in [2.05, 4.69) is 22.2 Å². The van der Waals surface area contributed by atoms with Crippen molar-refractivity contribution in [2.24, 2.45) is 5.92 Å². The Labute approximate surface area is 112 Å². The first-order chi connectivity index (χ1) is 8.86. The van der Waals surface area contributed by atoms with Gasteiger partial charge in [-0.3, -0.25) is 9.80 Å². The molecule has 1 saturated carbocycles. The second-order valence-corrected chi connectivity index (χ2v) is 6.54. The van der Waals surface area contributed by atoms with Crippen LogP contribution in [0.25, 0.3) is 0 Å². The van der Waals surface area contributed by atoms with Gasteiger partial charge in [-0.05, 0) is 71.1 Å². The Morgan fingerprint density at radius 2 is 1.61 bits per heavy atom. The summed E-state index contributed by atoms with van der Waals surface area (Å²) in [5, 5.41) is 3.29. The fourth-order valence-corrected chi connectivity index (χ4v) is 3.79. The van der Waals surface area contributed by atoms with Crippen molar-refractivity contribution < 1.29 is 0 Å². The lowest BCUT2D eigenvalue weighted by atomic mass is 9.92. The molecule has 2 heterocycles. The lowest BCUT2D eigenvalue weighted by Crippen LogP contribution is -2.43. The number of hydrogen-bond donors (Lipinski definition) is 1. The number of hydrogen-bond acceptors (Lipinski definition) is 3. The largest absolute Gasteiger partial charge is 0.320 e. The van der Waals surface area contributed by atoms with Gasteiger partial charge in [-0.1, -0.05) is 0 Å². The Hall–Kier alpha value is -0.120. The predicted molar refractivity (Wildman–Crippen MR) is 75.8 cm³/mol. The summed E-state index contributed by atoms with van der Waals surface area (Å²) in [7, 11) is 2.07. The third-order valence-electron chi connectivity index (χ3n) is 5.23. The Morgan fingerprint density at radius 3 is 2.28 bits per heavy atom. The molecular formula is C15H29N3. The van der Waals surface area contributed by atoms with Crippen molar-refractivity contribution in [3.8, 4) is 0 Å². The molecule has 3 nitrogen and oxygen atoms in total.